The van der Waals surface area contributed by atoms with Gasteiger partial charge in [0.15, 0.2) is 0 Å². The Bertz CT molecular complexity index is 204. The quantitative estimate of drug-likeness (QED) is 0.707. The van der Waals surface area contributed by atoms with Crippen LogP contribution < -0.4 is 5.32 Å². The summed E-state index contributed by atoms with van der Waals surface area (Å²) in [7, 11) is 0. The minimum absolute atomic E-state index is 0.466. The molecule has 1 fully saturated rings. The van der Waals surface area contributed by atoms with Gasteiger partial charge >= 0.3 is 0 Å². The molecule has 1 heterocycles. The molecule has 0 aliphatic carbocycles. The molecule has 0 amide bonds. The molecule has 0 saturated carbocycles. The Labute approximate surface area is 112 Å². The van der Waals surface area contributed by atoms with E-state index < -0.39 is 0 Å². The van der Waals surface area contributed by atoms with Gasteiger partial charge in [0.2, 0.25) is 0 Å². The van der Waals surface area contributed by atoms with Gasteiger partial charge in [-0.1, -0.05) is 13.8 Å². The predicted molar refractivity (Wildman–Crippen MR) is 79.9 cm³/mol. The van der Waals surface area contributed by atoms with Gasteiger partial charge in [0.25, 0.3) is 0 Å². The molecule has 0 aromatic rings. The number of hydrogen-bond acceptors (Lipinski definition) is 3. The lowest BCUT2D eigenvalue weighted by Gasteiger charge is -2.37. The fraction of sp³-hybridized carbons (Fsp3) is 1.00. The molecule has 1 aliphatic heterocycles. The maximum atomic E-state index is 3.52. The second-order valence-corrected chi connectivity index (χ2v) is 7.99. The highest BCUT2D eigenvalue weighted by Gasteiger charge is 2.26. The number of thioether (sulfide) groups is 1. The van der Waals surface area contributed by atoms with Gasteiger partial charge in [0, 0.05) is 23.6 Å². The van der Waals surface area contributed by atoms with Gasteiger partial charge in [0.05, 0.1) is 0 Å². The molecule has 0 aromatic heterocycles. The molecule has 3 heteroatoms. The van der Waals surface area contributed by atoms with E-state index in [1.165, 1.54) is 44.8 Å². The van der Waals surface area contributed by atoms with Crippen LogP contribution in [0.2, 0.25) is 0 Å². The number of hydrogen-bond donors (Lipinski definition) is 1. The topological polar surface area (TPSA) is 15.3 Å². The van der Waals surface area contributed by atoms with Crippen molar-refractivity contribution in [2.24, 2.45) is 5.92 Å². The lowest BCUT2D eigenvalue weighted by atomic mass is 10.1. The second kappa shape index (κ2) is 7.65. The minimum atomic E-state index is 0.466. The Hall–Kier alpha value is 0.270. The first-order valence-corrected chi connectivity index (χ1v) is 8.05. The van der Waals surface area contributed by atoms with Crippen LogP contribution in [0.1, 0.15) is 40.5 Å². The van der Waals surface area contributed by atoms with Crippen LogP contribution in [0, 0.1) is 5.92 Å². The zero-order valence-corrected chi connectivity index (χ0v) is 12.9. The molecule has 0 spiro atoms. The van der Waals surface area contributed by atoms with Gasteiger partial charge in [0.1, 0.15) is 0 Å². The maximum Gasteiger partial charge on any atom is 0.0231 e. The summed E-state index contributed by atoms with van der Waals surface area (Å²) in [4.78, 5) is 2.64. The first-order valence-electron chi connectivity index (χ1n) is 7.07. The third-order valence-corrected chi connectivity index (χ3v) is 4.43. The summed E-state index contributed by atoms with van der Waals surface area (Å²) >= 11 is 2.12. The van der Waals surface area contributed by atoms with E-state index in [1.807, 2.05) is 0 Å². The zero-order chi connectivity index (χ0) is 12.7. The highest BCUT2D eigenvalue weighted by Crippen LogP contribution is 2.29. The van der Waals surface area contributed by atoms with Gasteiger partial charge in [-0.05, 0) is 52.2 Å². The standard InChI is InChI=1S/C14H30N2S/c1-13(2)11-15-7-5-6-8-16-9-10-17-14(3,4)12-16/h13,15H,5-12H2,1-4H3. The smallest absolute Gasteiger partial charge is 0.0231 e. The Morgan fingerprint density at radius 2 is 2.06 bits per heavy atom. The van der Waals surface area contributed by atoms with E-state index in [2.05, 4.69) is 49.7 Å². The average molecular weight is 258 g/mol. The third-order valence-electron chi connectivity index (χ3n) is 3.14. The normalized spacial score (nSPS) is 21.0. The van der Waals surface area contributed by atoms with Crippen molar-refractivity contribution in [2.75, 3.05) is 38.5 Å². The van der Waals surface area contributed by atoms with Crippen LogP contribution in [0.5, 0.6) is 0 Å². The maximum absolute atomic E-state index is 3.52. The summed E-state index contributed by atoms with van der Waals surface area (Å²) in [5.74, 6) is 2.08. The molecule has 1 saturated heterocycles. The van der Waals surface area contributed by atoms with E-state index in [4.69, 9.17) is 0 Å². The molecule has 1 rings (SSSR count). The van der Waals surface area contributed by atoms with Crippen LogP contribution in [0.4, 0.5) is 0 Å². The highest BCUT2D eigenvalue weighted by molar-refractivity contribution is 8.00. The molecular weight excluding hydrogens is 228 g/mol. The van der Waals surface area contributed by atoms with E-state index in [1.54, 1.807) is 0 Å². The van der Waals surface area contributed by atoms with Gasteiger partial charge in [-0.3, -0.25) is 0 Å². The van der Waals surface area contributed by atoms with E-state index in [9.17, 15) is 0 Å². The zero-order valence-electron chi connectivity index (χ0n) is 12.1. The van der Waals surface area contributed by atoms with E-state index >= 15 is 0 Å². The van der Waals surface area contributed by atoms with Crippen molar-refractivity contribution in [3.05, 3.63) is 0 Å². The molecule has 102 valence electrons. The van der Waals surface area contributed by atoms with Crippen LogP contribution in [0.25, 0.3) is 0 Å². The summed E-state index contributed by atoms with van der Waals surface area (Å²) in [6.45, 7) is 15.4. The van der Waals surface area contributed by atoms with E-state index in [0.29, 0.717) is 4.75 Å². The van der Waals surface area contributed by atoms with Crippen molar-refractivity contribution in [3.63, 3.8) is 0 Å². The largest absolute Gasteiger partial charge is 0.316 e. The SMILES string of the molecule is CC(C)CNCCCCN1CCSC(C)(C)C1. The van der Waals surface area contributed by atoms with E-state index in [-0.39, 0.29) is 0 Å². The van der Waals surface area contributed by atoms with E-state index in [0.717, 1.165) is 12.5 Å². The molecule has 1 N–H and O–H groups in total. The Morgan fingerprint density at radius 1 is 1.29 bits per heavy atom. The molecule has 17 heavy (non-hydrogen) atoms. The molecule has 0 aromatic carbocycles. The first kappa shape index (κ1) is 15.3. The summed E-state index contributed by atoms with van der Waals surface area (Å²) < 4.78 is 0.466. The van der Waals surface area contributed by atoms with Crippen molar-refractivity contribution >= 4 is 11.8 Å². The molecule has 0 radical (unpaired) electrons. The fourth-order valence-corrected chi connectivity index (χ4v) is 3.46. The van der Waals surface area contributed by atoms with Crippen molar-refractivity contribution in [3.8, 4) is 0 Å². The van der Waals surface area contributed by atoms with Gasteiger partial charge in [-0.2, -0.15) is 11.8 Å². The second-order valence-electron chi connectivity index (χ2n) is 6.19. The summed E-state index contributed by atoms with van der Waals surface area (Å²) in [6.07, 6.45) is 2.66. The van der Waals surface area contributed by atoms with Crippen LogP contribution in [-0.4, -0.2) is 48.1 Å². The van der Waals surface area contributed by atoms with Crippen LogP contribution in [0.3, 0.4) is 0 Å². The number of nitrogens with one attached hydrogen (secondary N) is 1. The molecule has 2 nitrogen and oxygen atoms in total. The monoisotopic (exact) mass is 258 g/mol. The fourth-order valence-electron chi connectivity index (χ4n) is 2.28. The summed E-state index contributed by atoms with van der Waals surface area (Å²) in [5.41, 5.74) is 0. The van der Waals surface area contributed by atoms with Crippen LogP contribution in [0.15, 0.2) is 0 Å². The molecule has 1 aliphatic rings. The van der Waals surface area contributed by atoms with Gasteiger partial charge in [-0.25, -0.2) is 0 Å². The minimum Gasteiger partial charge on any atom is -0.316 e. The predicted octanol–water partition coefficient (Wildman–Crippen LogP) is 2.84. The van der Waals surface area contributed by atoms with Crippen molar-refractivity contribution in [1.82, 2.24) is 10.2 Å². The Kier molecular flexibility index (Phi) is 6.90. The molecule has 0 atom stereocenters. The number of rotatable bonds is 7. The lowest BCUT2D eigenvalue weighted by Crippen LogP contribution is -2.43. The van der Waals surface area contributed by atoms with Gasteiger partial charge in [-0.15, -0.1) is 0 Å². The van der Waals surface area contributed by atoms with Crippen molar-refractivity contribution in [2.45, 2.75) is 45.3 Å². The Morgan fingerprint density at radius 3 is 2.71 bits per heavy atom. The highest BCUT2D eigenvalue weighted by atomic mass is 32.2. The van der Waals surface area contributed by atoms with Crippen LogP contribution >= 0.6 is 11.8 Å². The average Bonchev–Trinajstić information content (AvgIpc) is 2.21. The molecule has 0 bridgehead atoms. The molecule has 0 unspecified atom stereocenters. The Balaban J connectivity index is 1.99. The summed E-state index contributed by atoms with van der Waals surface area (Å²) in [5, 5.41) is 3.52. The molecular formula is C14H30N2S. The number of nitrogens with zero attached hydrogens (tertiary/aromatic N) is 1. The first-order chi connectivity index (χ1) is 7.99. The van der Waals surface area contributed by atoms with Crippen molar-refractivity contribution in [1.29, 1.82) is 0 Å². The van der Waals surface area contributed by atoms with Crippen molar-refractivity contribution < 1.29 is 0 Å². The lowest BCUT2D eigenvalue weighted by molar-refractivity contribution is 0.255. The number of unbranched alkanes of at least 4 members (excludes halogenated alkanes) is 1. The van der Waals surface area contributed by atoms with Crippen LogP contribution in [-0.2, 0) is 0 Å². The van der Waals surface area contributed by atoms with Gasteiger partial charge < -0.3 is 10.2 Å². The third kappa shape index (κ3) is 7.32. The summed E-state index contributed by atoms with van der Waals surface area (Å²) in [6, 6.07) is 0.